The summed E-state index contributed by atoms with van der Waals surface area (Å²) in [5, 5.41) is 0.0761. The molecule has 0 aliphatic rings. The number of halogens is 2. The average Bonchev–Trinajstić information content (AvgIpc) is 2.03. The molecule has 3 heteroatoms. The topological polar surface area (TPSA) is 12.9 Å². The number of rotatable bonds is 2. The van der Waals surface area contributed by atoms with Crippen molar-refractivity contribution >= 4 is 34.2 Å². The molecule has 0 aromatic carbocycles. The third-order valence-corrected chi connectivity index (χ3v) is 2.98. The zero-order chi connectivity index (χ0) is 9.14. The van der Waals surface area contributed by atoms with Gasteiger partial charge < -0.3 is 0 Å². The van der Waals surface area contributed by atoms with Crippen molar-refractivity contribution in [3.05, 3.63) is 27.6 Å². The summed E-state index contributed by atoms with van der Waals surface area (Å²) in [6.45, 7) is 4.22. The normalized spacial score (nSPS) is 13.4. The zero-order valence-electron chi connectivity index (χ0n) is 7.09. The quantitative estimate of drug-likeness (QED) is 0.600. The molecule has 0 spiro atoms. The van der Waals surface area contributed by atoms with E-state index >= 15 is 0 Å². The molecule has 0 aliphatic heterocycles. The Bertz CT molecular complexity index is 262. The minimum absolute atomic E-state index is 0.0761. The van der Waals surface area contributed by atoms with Gasteiger partial charge in [0.2, 0.25) is 0 Å². The van der Waals surface area contributed by atoms with Crippen LogP contribution in [0.1, 0.15) is 24.8 Å². The van der Waals surface area contributed by atoms with Crippen LogP contribution in [0.15, 0.2) is 18.5 Å². The molecule has 0 N–H and O–H groups in total. The number of alkyl halides is 1. The fourth-order valence-corrected chi connectivity index (χ4v) is 1.60. The van der Waals surface area contributed by atoms with E-state index in [1.807, 2.05) is 12.4 Å². The Labute approximate surface area is 91.7 Å². The number of hydrogen-bond donors (Lipinski definition) is 0. The standard InChI is InChI=1S/C9H11ClIN/c1-6(2)9(10)7-3-8(11)5-12-4-7/h3-6,9H,1-2H3/t9-/m0/s1. The van der Waals surface area contributed by atoms with Crippen LogP contribution in [-0.2, 0) is 0 Å². The zero-order valence-corrected chi connectivity index (χ0v) is 10.0. The predicted molar refractivity (Wildman–Crippen MR) is 60.4 cm³/mol. The number of hydrogen-bond acceptors (Lipinski definition) is 1. The van der Waals surface area contributed by atoms with Crippen LogP contribution < -0.4 is 0 Å². The van der Waals surface area contributed by atoms with Gasteiger partial charge in [-0.15, -0.1) is 11.6 Å². The first-order valence-corrected chi connectivity index (χ1v) is 5.37. The molecule has 0 aliphatic carbocycles. The molecule has 0 unspecified atom stereocenters. The lowest BCUT2D eigenvalue weighted by Gasteiger charge is -2.12. The number of aromatic nitrogens is 1. The van der Waals surface area contributed by atoms with Gasteiger partial charge in [0.25, 0.3) is 0 Å². The molecule has 1 heterocycles. The molecule has 66 valence electrons. The Kier molecular flexibility index (Phi) is 3.77. The summed E-state index contributed by atoms with van der Waals surface area (Å²) in [6.07, 6.45) is 3.66. The molecule has 1 nitrogen and oxygen atoms in total. The highest BCUT2D eigenvalue weighted by molar-refractivity contribution is 14.1. The highest BCUT2D eigenvalue weighted by atomic mass is 127. The number of pyridine rings is 1. The molecule has 1 atom stereocenters. The van der Waals surface area contributed by atoms with Gasteiger partial charge in [0.05, 0.1) is 5.38 Å². The number of nitrogens with zero attached hydrogens (tertiary/aromatic N) is 1. The van der Waals surface area contributed by atoms with Crippen molar-refractivity contribution in [2.75, 3.05) is 0 Å². The van der Waals surface area contributed by atoms with E-state index in [1.54, 1.807) is 0 Å². The van der Waals surface area contributed by atoms with Crippen LogP contribution in [0.25, 0.3) is 0 Å². The monoisotopic (exact) mass is 295 g/mol. The van der Waals surface area contributed by atoms with Crippen molar-refractivity contribution < 1.29 is 0 Å². The van der Waals surface area contributed by atoms with E-state index < -0.39 is 0 Å². The average molecular weight is 296 g/mol. The van der Waals surface area contributed by atoms with Crippen LogP contribution in [-0.4, -0.2) is 4.98 Å². The van der Waals surface area contributed by atoms with Crippen LogP contribution in [0.4, 0.5) is 0 Å². The second-order valence-corrected chi connectivity index (χ2v) is 4.80. The van der Waals surface area contributed by atoms with E-state index in [1.165, 1.54) is 0 Å². The lowest BCUT2D eigenvalue weighted by atomic mass is 10.0. The Morgan fingerprint density at radius 3 is 2.58 bits per heavy atom. The maximum atomic E-state index is 6.17. The lowest BCUT2D eigenvalue weighted by Crippen LogP contribution is -1.99. The molecule has 1 aromatic heterocycles. The Hall–Kier alpha value is 0.170. The minimum Gasteiger partial charge on any atom is -0.263 e. The molecule has 12 heavy (non-hydrogen) atoms. The molecule has 0 bridgehead atoms. The van der Waals surface area contributed by atoms with Crippen molar-refractivity contribution in [3.63, 3.8) is 0 Å². The SMILES string of the molecule is CC(C)[C@H](Cl)c1cncc(I)c1. The van der Waals surface area contributed by atoms with Crippen molar-refractivity contribution in [2.45, 2.75) is 19.2 Å². The van der Waals surface area contributed by atoms with Gasteiger partial charge in [0.15, 0.2) is 0 Å². The van der Waals surface area contributed by atoms with E-state index in [2.05, 4.69) is 47.5 Å². The maximum Gasteiger partial charge on any atom is 0.0623 e. The van der Waals surface area contributed by atoms with E-state index in [-0.39, 0.29) is 5.38 Å². The summed E-state index contributed by atoms with van der Waals surface area (Å²) in [7, 11) is 0. The molecule has 1 aromatic rings. The molecule has 1 rings (SSSR count). The minimum atomic E-state index is 0.0761. The van der Waals surface area contributed by atoms with Crippen molar-refractivity contribution in [1.82, 2.24) is 4.98 Å². The fourth-order valence-electron chi connectivity index (χ4n) is 0.964. The van der Waals surface area contributed by atoms with Crippen molar-refractivity contribution in [2.24, 2.45) is 5.92 Å². The van der Waals surface area contributed by atoms with Gasteiger partial charge >= 0.3 is 0 Å². The lowest BCUT2D eigenvalue weighted by molar-refractivity contribution is 0.622. The second-order valence-electron chi connectivity index (χ2n) is 3.08. The predicted octanol–water partition coefficient (Wildman–Crippen LogP) is 3.62. The van der Waals surface area contributed by atoms with Gasteiger partial charge in [-0.05, 0) is 40.1 Å². The summed E-state index contributed by atoms with van der Waals surface area (Å²) in [5.74, 6) is 0.451. The second kappa shape index (κ2) is 4.42. The van der Waals surface area contributed by atoms with Gasteiger partial charge in [-0.25, -0.2) is 0 Å². The fraction of sp³-hybridized carbons (Fsp3) is 0.444. The summed E-state index contributed by atoms with van der Waals surface area (Å²) in [4.78, 5) is 4.10. The Morgan fingerprint density at radius 1 is 1.42 bits per heavy atom. The first kappa shape index (κ1) is 10.3. The molecule has 0 radical (unpaired) electrons. The summed E-state index contributed by atoms with van der Waals surface area (Å²) in [5.41, 5.74) is 1.11. The third-order valence-electron chi connectivity index (χ3n) is 1.63. The van der Waals surface area contributed by atoms with E-state index in [4.69, 9.17) is 11.6 Å². The largest absolute Gasteiger partial charge is 0.263 e. The van der Waals surface area contributed by atoms with Crippen LogP contribution in [0.3, 0.4) is 0 Å². The van der Waals surface area contributed by atoms with E-state index in [0.717, 1.165) is 9.13 Å². The van der Waals surface area contributed by atoms with Crippen LogP contribution in [0.2, 0.25) is 0 Å². The molecule has 0 amide bonds. The van der Waals surface area contributed by atoms with Crippen LogP contribution in [0.5, 0.6) is 0 Å². The van der Waals surface area contributed by atoms with Gasteiger partial charge in [-0.1, -0.05) is 13.8 Å². The molecular weight excluding hydrogens is 284 g/mol. The highest BCUT2D eigenvalue weighted by Crippen LogP contribution is 2.28. The molecule has 0 saturated heterocycles. The van der Waals surface area contributed by atoms with Crippen molar-refractivity contribution in [1.29, 1.82) is 0 Å². The summed E-state index contributed by atoms with van der Waals surface area (Å²) >= 11 is 8.41. The van der Waals surface area contributed by atoms with Gasteiger partial charge in [0.1, 0.15) is 0 Å². The first-order chi connectivity index (χ1) is 5.61. The summed E-state index contributed by atoms with van der Waals surface area (Å²) < 4.78 is 1.14. The van der Waals surface area contributed by atoms with E-state index in [9.17, 15) is 0 Å². The molecule has 0 saturated carbocycles. The van der Waals surface area contributed by atoms with Crippen LogP contribution in [0, 0.1) is 9.49 Å². The molecule has 0 fully saturated rings. The Morgan fingerprint density at radius 2 is 2.08 bits per heavy atom. The molecular formula is C9H11ClIN. The highest BCUT2D eigenvalue weighted by Gasteiger charge is 2.12. The van der Waals surface area contributed by atoms with Gasteiger partial charge in [-0.3, -0.25) is 4.98 Å². The smallest absolute Gasteiger partial charge is 0.0623 e. The third kappa shape index (κ3) is 2.59. The van der Waals surface area contributed by atoms with E-state index in [0.29, 0.717) is 5.92 Å². The summed E-state index contributed by atoms with van der Waals surface area (Å²) in [6, 6.07) is 2.07. The Balaban J connectivity index is 2.88. The van der Waals surface area contributed by atoms with Gasteiger partial charge in [-0.2, -0.15) is 0 Å². The maximum absolute atomic E-state index is 6.17. The van der Waals surface area contributed by atoms with Crippen molar-refractivity contribution in [3.8, 4) is 0 Å². The van der Waals surface area contributed by atoms with Gasteiger partial charge in [0, 0.05) is 16.0 Å². The van der Waals surface area contributed by atoms with Crippen LogP contribution >= 0.6 is 34.2 Å². The first-order valence-electron chi connectivity index (χ1n) is 3.86.